The molecule has 3 nitrogen and oxygen atoms in total. The molecule has 0 saturated carbocycles. The van der Waals surface area contributed by atoms with Crippen molar-refractivity contribution in [2.45, 2.75) is 31.2 Å². The lowest BCUT2D eigenvalue weighted by Crippen LogP contribution is -2.28. The summed E-state index contributed by atoms with van der Waals surface area (Å²) in [4.78, 5) is 4.35. The van der Waals surface area contributed by atoms with Crippen LogP contribution < -0.4 is 10.5 Å². The molecule has 0 radical (unpaired) electrons. The molecule has 2 aromatic rings. The molecular formula is C17H20N2O. The van der Waals surface area contributed by atoms with Crippen LogP contribution >= 0.6 is 0 Å². The van der Waals surface area contributed by atoms with Crippen LogP contribution in [-0.2, 0) is 6.42 Å². The van der Waals surface area contributed by atoms with Crippen molar-refractivity contribution in [3.63, 3.8) is 0 Å². The standard InChI is InChI=1S/C17H20N2O/c18-14(12-15-5-3-4-9-19-15)11-13-8-10-20-17-7-2-1-6-16(13)17/h1-7,9,13-14H,8,10-12,18H2. The van der Waals surface area contributed by atoms with E-state index in [2.05, 4.69) is 17.1 Å². The van der Waals surface area contributed by atoms with E-state index in [0.717, 1.165) is 37.3 Å². The van der Waals surface area contributed by atoms with Crippen molar-refractivity contribution < 1.29 is 4.74 Å². The molecule has 0 aliphatic carbocycles. The molecule has 1 aliphatic heterocycles. The molecule has 3 heteroatoms. The molecular weight excluding hydrogens is 248 g/mol. The first-order chi connectivity index (χ1) is 9.83. The van der Waals surface area contributed by atoms with Crippen molar-refractivity contribution in [3.05, 3.63) is 59.9 Å². The lowest BCUT2D eigenvalue weighted by atomic mass is 9.86. The Morgan fingerprint density at radius 3 is 2.90 bits per heavy atom. The zero-order valence-electron chi connectivity index (χ0n) is 11.5. The monoisotopic (exact) mass is 268 g/mol. The zero-order valence-corrected chi connectivity index (χ0v) is 11.5. The minimum atomic E-state index is 0.140. The number of pyridine rings is 1. The highest BCUT2D eigenvalue weighted by Gasteiger charge is 2.23. The average Bonchev–Trinajstić information content (AvgIpc) is 2.48. The van der Waals surface area contributed by atoms with E-state index in [0.29, 0.717) is 5.92 Å². The topological polar surface area (TPSA) is 48.1 Å². The van der Waals surface area contributed by atoms with Gasteiger partial charge in [0.1, 0.15) is 5.75 Å². The maximum Gasteiger partial charge on any atom is 0.122 e. The fraction of sp³-hybridized carbons (Fsp3) is 0.353. The van der Waals surface area contributed by atoms with Crippen molar-refractivity contribution in [1.82, 2.24) is 4.98 Å². The van der Waals surface area contributed by atoms with Gasteiger partial charge in [-0.15, -0.1) is 0 Å². The number of nitrogens with two attached hydrogens (primary N) is 1. The SMILES string of the molecule is NC(Cc1ccccn1)CC1CCOc2ccccc21. The van der Waals surface area contributed by atoms with E-state index in [9.17, 15) is 0 Å². The minimum Gasteiger partial charge on any atom is -0.493 e. The van der Waals surface area contributed by atoms with Gasteiger partial charge in [-0.2, -0.15) is 0 Å². The van der Waals surface area contributed by atoms with Crippen LogP contribution in [0.1, 0.15) is 30.0 Å². The van der Waals surface area contributed by atoms with Crippen LogP contribution in [0.2, 0.25) is 0 Å². The fourth-order valence-corrected chi connectivity index (χ4v) is 2.90. The van der Waals surface area contributed by atoms with E-state index in [1.807, 2.05) is 36.5 Å². The third-order valence-electron chi connectivity index (χ3n) is 3.87. The van der Waals surface area contributed by atoms with Gasteiger partial charge in [0.05, 0.1) is 6.61 Å². The first kappa shape index (κ1) is 13.1. The van der Waals surface area contributed by atoms with E-state index >= 15 is 0 Å². The number of rotatable bonds is 4. The third kappa shape index (κ3) is 2.99. The quantitative estimate of drug-likeness (QED) is 0.927. The van der Waals surface area contributed by atoms with Crippen LogP contribution in [0, 0.1) is 0 Å². The van der Waals surface area contributed by atoms with E-state index in [1.165, 1.54) is 5.56 Å². The second kappa shape index (κ2) is 6.06. The molecule has 104 valence electrons. The molecule has 2 N–H and O–H groups in total. The van der Waals surface area contributed by atoms with Gasteiger partial charge in [-0.3, -0.25) is 4.98 Å². The minimum absolute atomic E-state index is 0.140. The molecule has 2 atom stereocenters. The number of hydrogen-bond donors (Lipinski definition) is 1. The van der Waals surface area contributed by atoms with E-state index in [-0.39, 0.29) is 6.04 Å². The van der Waals surface area contributed by atoms with Crippen LogP contribution in [-0.4, -0.2) is 17.6 Å². The average molecular weight is 268 g/mol. The Kier molecular flexibility index (Phi) is 3.97. The first-order valence-electron chi connectivity index (χ1n) is 7.20. The number of aromatic nitrogens is 1. The van der Waals surface area contributed by atoms with Crippen LogP contribution in [0.5, 0.6) is 5.75 Å². The van der Waals surface area contributed by atoms with Gasteiger partial charge < -0.3 is 10.5 Å². The predicted octanol–water partition coefficient (Wildman–Crippen LogP) is 2.91. The maximum absolute atomic E-state index is 6.31. The van der Waals surface area contributed by atoms with Crippen molar-refractivity contribution in [2.75, 3.05) is 6.61 Å². The predicted molar refractivity (Wildman–Crippen MR) is 79.8 cm³/mol. The van der Waals surface area contributed by atoms with Gasteiger partial charge in [-0.25, -0.2) is 0 Å². The smallest absolute Gasteiger partial charge is 0.122 e. The van der Waals surface area contributed by atoms with Gasteiger partial charge in [0, 0.05) is 24.4 Å². The summed E-state index contributed by atoms with van der Waals surface area (Å²) in [7, 11) is 0. The molecule has 20 heavy (non-hydrogen) atoms. The number of ether oxygens (including phenoxy) is 1. The third-order valence-corrected chi connectivity index (χ3v) is 3.87. The molecule has 0 fully saturated rings. The second-order valence-corrected chi connectivity index (χ2v) is 5.39. The lowest BCUT2D eigenvalue weighted by Gasteiger charge is -2.27. The summed E-state index contributed by atoms with van der Waals surface area (Å²) in [6, 6.07) is 14.4. The van der Waals surface area contributed by atoms with E-state index < -0.39 is 0 Å². The number of nitrogens with zero attached hydrogens (tertiary/aromatic N) is 1. The summed E-state index contributed by atoms with van der Waals surface area (Å²) in [5, 5.41) is 0. The zero-order chi connectivity index (χ0) is 13.8. The van der Waals surface area contributed by atoms with Crippen LogP contribution in [0.3, 0.4) is 0 Å². The summed E-state index contributed by atoms with van der Waals surface area (Å²) in [5.74, 6) is 1.52. The highest BCUT2D eigenvalue weighted by atomic mass is 16.5. The molecule has 1 aromatic carbocycles. The summed E-state index contributed by atoms with van der Waals surface area (Å²) in [5.41, 5.74) is 8.68. The van der Waals surface area contributed by atoms with Crippen molar-refractivity contribution in [3.8, 4) is 5.75 Å². The largest absolute Gasteiger partial charge is 0.493 e. The summed E-state index contributed by atoms with van der Waals surface area (Å²) in [6.07, 6.45) is 4.69. The van der Waals surface area contributed by atoms with Gasteiger partial charge in [-0.1, -0.05) is 24.3 Å². The number of fused-ring (bicyclic) bond motifs is 1. The van der Waals surface area contributed by atoms with Crippen LogP contribution in [0.15, 0.2) is 48.7 Å². The molecule has 1 aliphatic rings. The van der Waals surface area contributed by atoms with Crippen LogP contribution in [0.25, 0.3) is 0 Å². The Labute approximate surface area is 119 Å². The van der Waals surface area contributed by atoms with Crippen molar-refractivity contribution >= 4 is 0 Å². The molecule has 0 saturated heterocycles. The van der Waals surface area contributed by atoms with Gasteiger partial charge >= 0.3 is 0 Å². The normalized spacial score (nSPS) is 18.9. The Balaban J connectivity index is 1.66. The first-order valence-corrected chi connectivity index (χ1v) is 7.20. The molecule has 2 heterocycles. The summed E-state index contributed by atoms with van der Waals surface area (Å²) < 4.78 is 5.70. The molecule has 3 rings (SSSR count). The van der Waals surface area contributed by atoms with Gasteiger partial charge in [-0.05, 0) is 42.5 Å². The van der Waals surface area contributed by atoms with Crippen molar-refractivity contribution in [1.29, 1.82) is 0 Å². The van der Waals surface area contributed by atoms with Gasteiger partial charge in [0.25, 0.3) is 0 Å². The van der Waals surface area contributed by atoms with Gasteiger partial charge in [0.2, 0.25) is 0 Å². The fourth-order valence-electron chi connectivity index (χ4n) is 2.90. The van der Waals surface area contributed by atoms with Crippen LogP contribution in [0.4, 0.5) is 0 Å². The second-order valence-electron chi connectivity index (χ2n) is 5.39. The number of para-hydroxylation sites is 1. The number of hydrogen-bond acceptors (Lipinski definition) is 3. The molecule has 1 aromatic heterocycles. The highest BCUT2D eigenvalue weighted by molar-refractivity contribution is 5.37. The Morgan fingerprint density at radius 2 is 2.05 bits per heavy atom. The Morgan fingerprint density at radius 1 is 1.20 bits per heavy atom. The summed E-state index contributed by atoms with van der Waals surface area (Å²) in [6.45, 7) is 0.790. The van der Waals surface area contributed by atoms with E-state index in [1.54, 1.807) is 0 Å². The van der Waals surface area contributed by atoms with E-state index in [4.69, 9.17) is 10.5 Å². The van der Waals surface area contributed by atoms with Gasteiger partial charge in [0.15, 0.2) is 0 Å². The molecule has 0 spiro atoms. The molecule has 0 bridgehead atoms. The Hall–Kier alpha value is -1.87. The van der Waals surface area contributed by atoms with Crippen molar-refractivity contribution in [2.24, 2.45) is 5.73 Å². The maximum atomic E-state index is 6.31. The summed E-state index contributed by atoms with van der Waals surface area (Å²) >= 11 is 0. The Bertz CT molecular complexity index is 556. The molecule has 0 amide bonds. The lowest BCUT2D eigenvalue weighted by molar-refractivity contribution is 0.258. The number of benzene rings is 1. The highest BCUT2D eigenvalue weighted by Crippen LogP contribution is 2.36. The molecule has 2 unspecified atom stereocenters.